The predicted octanol–water partition coefficient (Wildman–Crippen LogP) is 5.34. The van der Waals surface area contributed by atoms with Crippen LogP contribution in [0.25, 0.3) is 22.1 Å². The molecule has 0 atom stereocenters. The van der Waals surface area contributed by atoms with Crippen LogP contribution in [0.4, 0.5) is 4.39 Å². The zero-order chi connectivity index (χ0) is 22.9. The number of imidazole rings is 1. The van der Waals surface area contributed by atoms with Gasteiger partial charge in [-0.3, -0.25) is 4.79 Å². The van der Waals surface area contributed by atoms with Gasteiger partial charge in [0.15, 0.2) is 16.5 Å². The predicted molar refractivity (Wildman–Crippen MR) is 132 cm³/mol. The standard InChI is InChI=1S/C25H18BrFN2O3S/c1-2-31-21-12-16(11-18(26)23(21)32-14-15-7-9-17(27)10-8-15)13-22-24(30)29-20-6-4-3-5-19(20)28-25(29)33-22/h3-13H,2,14H2,1H3/b22-13-. The Bertz CT molecular complexity index is 1580. The number of benzene rings is 3. The highest BCUT2D eigenvalue weighted by molar-refractivity contribution is 9.10. The lowest BCUT2D eigenvalue weighted by molar-refractivity contribution is 0.267. The van der Waals surface area contributed by atoms with E-state index in [1.807, 2.05) is 49.4 Å². The molecule has 0 aliphatic carbocycles. The Kier molecular flexibility index (Phi) is 5.86. The fourth-order valence-corrected chi connectivity index (χ4v) is 5.13. The SMILES string of the molecule is CCOc1cc(/C=c2\sc3nc4ccccc4n3c2=O)cc(Br)c1OCc1ccc(F)cc1. The lowest BCUT2D eigenvalue weighted by Gasteiger charge is -2.14. The summed E-state index contributed by atoms with van der Waals surface area (Å²) in [6.07, 6.45) is 1.83. The molecule has 166 valence electrons. The number of ether oxygens (including phenoxy) is 2. The summed E-state index contributed by atoms with van der Waals surface area (Å²) in [5.41, 5.74) is 3.14. The Hall–Kier alpha value is -3.23. The lowest BCUT2D eigenvalue weighted by atomic mass is 10.2. The van der Waals surface area contributed by atoms with Crippen molar-refractivity contribution in [1.82, 2.24) is 9.38 Å². The molecule has 0 unspecified atom stereocenters. The van der Waals surface area contributed by atoms with Crippen molar-refractivity contribution in [2.75, 3.05) is 6.61 Å². The number of hydrogen-bond acceptors (Lipinski definition) is 5. The molecule has 5 rings (SSSR count). The van der Waals surface area contributed by atoms with E-state index in [2.05, 4.69) is 20.9 Å². The fourth-order valence-electron chi connectivity index (χ4n) is 3.57. The normalized spacial score (nSPS) is 12.0. The van der Waals surface area contributed by atoms with Gasteiger partial charge in [-0.05, 0) is 76.5 Å². The molecule has 0 fully saturated rings. The number of nitrogens with zero attached hydrogens (tertiary/aromatic N) is 2. The molecule has 8 heteroatoms. The van der Waals surface area contributed by atoms with Gasteiger partial charge in [-0.15, -0.1) is 0 Å². The van der Waals surface area contributed by atoms with Crippen molar-refractivity contribution in [1.29, 1.82) is 0 Å². The van der Waals surface area contributed by atoms with Crippen LogP contribution in [0.1, 0.15) is 18.1 Å². The van der Waals surface area contributed by atoms with Gasteiger partial charge in [0.05, 0.1) is 26.6 Å². The van der Waals surface area contributed by atoms with Gasteiger partial charge in [-0.1, -0.05) is 35.6 Å². The maximum Gasteiger partial charge on any atom is 0.274 e. The molecule has 3 aromatic carbocycles. The van der Waals surface area contributed by atoms with Crippen molar-refractivity contribution in [2.45, 2.75) is 13.5 Å². The number of halogens is 2. The number of aromatic nitrogens is 2. The van der Waals surface area contributed by atoms with Crippen LogP contribution < -0.4 is 19.6 Å². The molecular weight excluding hydrogens is 507 g/mol. The first kappa shape index (κ1) is 21.6. The van der Waals surface area contributed by atoms with Crippen molar-refractivity contribution >= 4 is 49.3 Å². The fraction of sp³-hybridized carbons (Fsp3) is 0.120. The first-order valence-corrected chi connectivity index (χ1v) is 11.9. The van der Waals surface area contributed by atoms with Crippen LogP contribution in [-0.4, -0.2) is 16.0 Å². The second-order valence-electron chi connectivity index (χ2n) is 7.31. The monoisotopic (exact) mass is 524 g/mol. The molecule has 0 saturated carbocycles. The quantitative estimate of drug-likeness (QED) is 0.301. The third-order valence-electron chi connectivity index (χ3n) is 5.07. The van der Waals surface area contributed by atoms with E-state index in [1.165, 1.54) is 23.5 Å². The highest BCUT2D eigenvalue weighted by Gasteiger charge is 2.14. The highest BCUT2D eigenvalue weighted by Crippen LogP contribution is 2.37. The molecule has 0 bridgehead atoms. The number of thiazole rings is 1. The molecule has 2 heterocycles. The number of para-hydroxylation sites is 2. The van der Waals surface area contributed by atoms with Crippen LogP contribution in [0.15, 0.2) is 69.9 Å². The second kappa shape index (κ2) is 8.96. The summed E-state index contributed by atoms with van der Waals surface area (Å²) in [7, 11) is 0. The second-order valence-corrected chi connectivity index (χ2v) is 9.18. The molecular formula is C25H18BrFN2O3S. The molecule has 5 aromatic rings. The third-order valence-corrected chi connectivity index (χ3v) is 6.63. The first-order valence-electron chi connectivity index (χ1n) is 10.3. The van der Waals surface area contributed by atoms with Crippen LogP contribution in [0.5, 0.6) is 11.5 Å². The number of hydrogen-bond donors (Lipinski definition) is 0. The summed E-state index contributed by atoms with van der Waals surface area (Å²) < 4.78 is 27.9. The van der Waals surface area contributed by atoms with E-state index in [0.29, 0.717) is 32.1 Å². The minimum Gasteiger partial charge on any atom is -0.490 e. The molecule has 0 amide bonds. The van der Waals surface area contributed by atoms with Gasteiger partial charge in [0.1, 0.15) is 12.4 Å². The Balaban J connectivity index is 1.52. The van der Waals surface area contributed by atoms with Gasteiger partial charge < -0.3 is 9.47 Å². The van der Waals surface area contributed by atoms with Crippen LogP contribution in [0.2, 0.25) is 0 Å². The average molecular weight is 525 g/mol. The van der Waals surface area contributed by atoms with Gasteiger partial charge in [-0.2, -0.15) is 0 Å². The maximum absolute atomic E-state index is 13.2. The third kappa shape index (κ3) is 4.24. The van der Waals surface area contributed by atoms with Crippen LogP contribution in [-0.2, 0) is 6.61 Å². The summed E-state index contributed by atoms with van der Waals surface area (Å²) in [4.78, 5) is 18.3. The summed E-state index contributed by atoms with van der Waals surface area (Å²) in [5, 5.41) is 0. The van der Waals surface area contributed by atoms with E-state index >= 15 is 0 Å². The average Bonchev–Trinajstić information content (AvgIpc) is 3.31. The van der Waals surface area contributed by atoms with Crippen LogP contribution >= 0.6 is 27.3 Å². The smallest absolute Gasteiger partial charge is 0.274 e. The maximum atomic E-state index is 13.2. The van der Waals surface area contributed by atoms with Crippen molar-refractivity contribution in [2.24, 2.45) is 0 Å². The van der Waals surface area contributed by atoms with E-state index in [0.717, 1.165) is 22.2 Å². The Labute approximate surface area is 200 Å². The minimum absolute atomic E-state index is 0.102. The first-order chi connectivity index (χ1) is 16.0. The van der Waals surface area contributed by atoms with Crippen molar-refractivity contribution < 1.29 is 13.9 Å². The largest absolute Gasteiger partial charge is 0.490 e. The number of fused-ring (bicyclic) bond motifs is 3. The molecule has 0 spiro atoms. The van der Waals surface area contributed by atoms with E-state index in [4.69, 9.17) is 9.47 Å². The lowest BCUT2D eigenvalue weighted by Crippen LogP contribution is -2.22. The van der Waals surface area contributed by atoms with Gasteiger partial charge >= 0.3 is 0 Å². The minimum atomic E-state index is -0.290. The molecule has 5 nitrogen and oxygen atoms in total. The topological polar surface area (TPSA) is 52.8 Å². The number of rotatable bonds is 6. The summed E-state index contributed by atoms with van der Waals surface area (Å²) >= 11 is 4.92. The van der Waals surface area contributed by atoms with E-state index in [9.17, 15) is 9.18 Å². The van der Waals surface area contributed by atoms with E-state index < -0.39 is 0 Å². The molecule has 0 saturated heterocycles. The molecule has 0 aliphatic heterocycles. The van der Waals surface area contributed by atoms with Gasteiger partial charge in [0.25, 0.3) is 5.56 Å². The molecule has 33 heavy (non-hydrogen) atoms. The van der Waals surface area contributed by atoms with Crippen LogP contribution in [0.3, 0.4) is 0 Å². The van der Waals surface area contributed by atoms with Gasteiger partial charge in [0.2, 0.25) is 0 Å². The molecule has 2 aromatic heterocycles. The zero-order valence-electron chi connectivity index (χ0n) is 17.5. The Morgan fingerprint density at radius 1 is 1.12 bits per heavy atom. The Morgan fingerprint density at radius 3 is 2.70 bits per heavy atom. The molecule has 0 N–H and O–H groups in total. The molecule has 0 radical (unpaired) electrons. The summed E-state index contributed by atoms with van der Waals surface area (Å²) in [5.74, 6) is 0.814. The van der Waals surface area contributed by atoms with Gasteiger partial charge in [0, 0.05) is 0 Å². The van der Waals surface area contributed by atoms with Crippen LogP contribution in [0, 0.1) is 5.82 Å². The zero-order valence-corrected chi connectivity index (χ0v) is 20.0. The summed E-state index contributed by atoms with van der Waals surface area (Å²) in [6.45, 7) is 2.61. The summed E-state index contributed by atoms with van der Waals surface area (Å²) in [6, 6.07) is 17.5. The van der Waals surface area contributed by atoms with Crippen molar-refractivity contribution in [3.63, 3.8) is 0 Å². The van der Waals surface area contributed by atoms with Crippen molar-refractivity contribution in [3.8, 4) is 11.5 Å². The van der Waals surface area contributed by atoms with E-state index in [-0.39, 0.29) is 18.0 Å². The highest BCUT2D eigenvalue weighted by atomic mass is 79.9. The van der Waals surface area contributed by atoms with E-state index in [1.54, 1.807) is 16.5 Å². The van der Waals surface area contributed by atoms with Crippen molar-refractivity contribution in [3.05, 3.63) is 97.0 Å². The Morgan fingerprint density at radius 2 is 1.91 bits per heavy atom. The molecule has 0 aliphatic rings. The van der Waals surface area contributed by atoms with Gasteiger partial charge in [-0.25, -0.2) is 13.8 Å².